The van der Waals surface area contributed by atoms with Gasteiger partial charge in [0, 0.05) is 0 Å². The van der Waals surface area contributed by atoms with Crippen LogP contribution in [0.15, 0.2) is 28.7 Å². The fourth-order valence-corrected chi connectivity index (χ4v) is 1.19. The van der Waals surface area contributed by atoms with Crippen LogP contribution >= 0.6 is 15.9 Å². The molecule has 1 aromatic carbocycles. The van der Waals surface area contributed by atoms with E-state index >= 15 is 0 Å². The number of carbonyl (C=O) groups excluding carboxylic acids is 1. The van der Waals surface area contributed by atoms with Crippen molar-refractivity contribution in [2.75, 3.05) is 0 Å². The van der Waals surface area contributed by atoms with Gasteiger partial charge in [0.2, 0.25) is 0 Å². The summed E-state index contributed by atoms with van der Waals surface area (Å²) in [7, 11) is 0. The minimum atomic E-state index is -0.331. The minimum absolute atomic E-state index is 0.331. The van der Waals surface area contributed by atoms with Crippen molar-refractivity contribution in [1.29, 1.82) is 0 Å². The van der Waals surface area contributed by atoms with Crippen LogP contribution in [-0.2, 0) is 4.79 Å². The van der Waals surface area contributed by atoms with Crippen molar-refractivity contribution < 1.29 is 9.18 Å². The summed E-state index contributed by atoms with van der Waals surface area (Å²) < 4.78 is 13.2. The predicted octanol–water partition coefficient (Wildman–Crippen LogP) is 2.80. The Kier molecular flexibility index (Phi) is 3.17. The minimum Gasteiger partial charge on any atom is -0.299 e. The molecular weight excluding hydrogens is 223 g/mol. The third-order valence-corrected chi connectivity index (χ3v) is 2.17. The summed E-state index contributed by atoms with van der Waals surface area (Å²) in [6.45, 7) is 0. The first-order valence-corrected chi connectivity index (χ1v) is 4.11. The van der Waals surface area contributed by atoms with Crippen molar-refractivity contribution in [2.45, 2.75) is 0 Å². The first-order chi connectivity index (χ1) is 5.75. The molecule has 0 spiro atoms. The molecule has 0 aliphatic heterocycles. The van der Waals surface area contributed by atoms with Crippen LogP contribution in [0.2, 0.25) is 0 Å². The molecule has 1 rings (SSSR count). The number of rotatable bonds is 2. The average molecular weight is 229 g/mol. The third kappa shape index (κ3) is 2.01. The lowest BCUT2D eigenvalue weighted by Crippen LogP contribution is -1.80. The molecule has 0 N–H and O–H groups in total. The molecule has 0 amide bonds. The summed E-state index contributed by atoms with van der Waals surface area (Å²) >= 11 is 3.07. The molecule has 0 bridgehead atoms. The Balaban J connectivity index is 3.07. The predicted molar refractivity (Wildman–Crippen MR) is 49.2 cm³/mol. The Morgan fingerprint density at radius 3 is 2.83 bits per heavy atom. The van der Waals surface area contributed by atoms with Crippen molar-refractivity contribution in [2.24, 2.45) is 0 Å². The molecule has 0 aliphatic carbocycles. The zero-order valence-corrected chi connectivity index (χ0v) is 7.71. The van der Waals surface area contributed by atoms with Gasteiger partial charge in [0.15, 0.2) is 0 Å². The van der Waals surface area contributed by atoms with Crippen LogP contribution in [0, 0.1) is 5.82 Å². The molecule has 1 nitrogen and oxygen atoms in total. The summed E-state index contributed by atoms with van der Waals surface area (Å²) in [5.41, 5.74) is 0.655. The highest BCUT2D eigenvalue weighted by molar-refractivity contribution is 9.10. The van der Waals surface area contributed by atoms with Gasteiger partial charge in [-0.25, -0.2) is 4.39 Å². The largest absolute Gasteiger partial charge is 0.299 e. The Hall–Kier alpha value is -0.960. The Labute approximate surface area is 78.0 Å². The molecule has 0 heterocycles. The van der Waals surface area contributed by atoms with Gasteiger partial charge < -0.3 is 0 Å². The summed E-state index contributed by atoms with van der Waals surface area (Å²) in [4.78, 5) is 9.98. The Bertz CT molecular complexity index is 320. The quantitative estimate of drug-likeness (QED) is 0.562. The second-order valence-corrected chi connectivity index (χ2v) is 2.93. The maximum absolute atomic E-state index is 12.8. The van der Waals surface area contributed by atoms with Crippen LogP contribution in [-0.4, -0.2) is 6.29 Å². The zero-order chi connectivity index (χ0) is 8.97. The number of halogens is 2. The maximum atomic E-state index is 12.8. The molecule has 3 heteroatoms. The number of aldehydes is 1. The van der Waals surface area contributed by atoms with Crippen molar-refractivity contribution in [3.05, 3.63) is 40.1 Å². The van der Waals surface area contributed by atoms with E-state index in [1.807, 2.05) is 0 Å². The van der Waals surface area contributed by atoms with E-state index in [-0.39, 0.29) is 5.82 Å². The van der Waals surface area contributed by atoms with Gasteiger partial charge in [0.05, 0.1) is 4.47 Å². The molecule has 1 aromatic rings. The van der Waals surface area contributed by atoms with E-state index in [1.165, 1.54) is 12.1 Å². The van der Waals surface area contributed by atoms with Crippen molar-refractivity contribution in [3.63, 3.8) is 0 Å². The molecule has 0 saturated carbocycles. The van der Waals surface area contributed by atoms with Crippen LogP contribution in [0.3, 0.4) is 0 Å². The van der Waals surface area contributed by atoms with E-state index in [0.717, 1.165) is 0 Å². The smallest absolute Gasteiger partial charge is 0.142 e. The molecule has 0 aliphatic rings. The highest BCUT2D eigenvalue weighted by Crippen LogP contribution is 2.21. The van der Waals surface area contributed by atoms with Gasteiger partial charge in [-0.05, 0) is 33.6 Å². The molecular formula is C9H6BrFO. The second kappa shape index (κ2) is 4.16. The second-order valence-electron chi connectivity index (χ2n) is 2.14. The van der Waals surface area contributed by atoms with Crippen LogP contribution < -0.4 is 0 Å². The van der Waals surface area contributed by atoms with E-state index in [2.05, 4.69) is 15.9 Å². The highest BCUT2D eigenvalue weighted by atomic mass is 79.9. The van der Waals surface area contributed by atoms with Gasteiger partial charge in [-0.1, -0.05) is 18.2 Å². The molecule has 0 saturated heterocycles. The van der Waals surface area contributed by atoms with Gasteiger partial charge >= 0.3 is 0 Å². The molecule has 0 radical (unpaired) electrons. The van der Waals surface area contributed by atoms with Crippen LogP contribution in [0.25, 0.3) is 6.08 Å². The highest BCUT2D eigenvalue weighted by Gasteiger charge is 2.00. The molecule has 0 atom stereocenters. The first-order valence-electron chi connectivity index (χ1n) is 3.31. The fraction of sp³-hybridized carbons (Fsp3) is 0. The van der Waals surface area contributed by atoms with E-state index in [1.54, 1.807) is 18.2 Å². The molecule has 12 heavy (non-hydrogen) atoms. The summed E-state index contributed by atoms with van der Waals surface area (Å²) in [5, 5.41) is 0. The van der Waals surface area contributed by atoms with E-state index in [4.69, 9.17) is 0 Å². The van der Waals surface area contributed by atoms with Crippen molar-refractivity contribution in [3.8, 4) is 0 Å². The topological polar surface area (TPSA) is 17.1 Å². The lowest BCUT2D eigenvalue weighted by Gasteiger charge is -1.97. The van der Waals surface area contributed by atoms with E-state index < -0.39 is 0 Å². The monoisotopic (exact) mass is 228 g/mol. The summed E-state index contributed by atoms with van der Waals surface area (Å²) in [5.74, 6) is -0.331. The van der Waals surface area contributed by atoms with Gasteiger partial charge in [-0.15, -0.1) is 0 Å². The van der Waals surface area contributed by atoms with Gasteiger partial charge in [-0.3, -0.25) is 4.79 Å². The number of hydrogen-bond acceptors (Lipinski definition) is 1. The average Bonchev–Trinajstić information content (AvgIpc) is 2.08. The van der Waals surface area contributed by atoms with Gasteiger partial charge in [-0.2, -0.15) is 0 Å². The Morgan fingerprint density at radius 1 is 1.42 bits per heavy atom. The molecule has 0 unspecified atom stereocenters. The van der Waals surface area contributed by atoms with Crippen LogP contribution in [0.4, 0.5) is 4.39 Å². The number of allylic oxidation sites excluding steroid dienone is 1. The van der Waals surface area contributed by atoms with Crippen molar-refractivity contribution >= 4 is 28.3 Å². The zero-order valence-electron chi connectivity index (χ0n) is 6.13. The fourth-order valence-electron chi connectivity index (χ4n) is 0.792. The van der Waals surface area contributed by atoms with Crippen LogP contribution in [0.5, 0.6) is 0 Å². The first kappa shape index (κ1) is 9.13. The summed E-state index contributed by atoms with van der Waals surface area (Å²) in [6.07, 6.45) is 3.51. The molecule has 0 fully saturated rings. The SMILES string of the molecule is O=C/C=C/c1cccc(F)c1Br. The molecule has 0 aromatic heterocycles. The van der Waals surface area contributed by atoms with Gasteiger partial charge in [0.25, 0.3) is 0 Å². The van der Waals surface area contributed by atoms with Gasteiger partial charge in [0.1, 0.15) is 12.1 Å². The van der Waals surface area contributed by atoms with Crippen molar-refractivity contribution in [1.82, 2.24) is 0 Å². The number of hydrogen-bond donors (Lipinski definition) is 0. The van der Waals surface area contributed by atoms with E-state index in [0.29, 0.717) is 16.3 Å². The molecule has 62 valence electrons. The standard InChI is InChI=1S/C9H6BrFO/c10-9-7(4-2-6-12)3-1-5-8(9)11/h1-6H/b4-2+. The summed E-state index contributed by atoms with van der Waals surface area (Å²) in [6, 6.07) is 4.65. The maximum Gasteiger partial charge on any atom is 0.142 e. The third-order valence-electron chi connectivity index (χ3n) is 1.34. The van der Waals surface area contributed by atoms with Crippen LogP contribution in [0.1, 0.15) is 5.56 Å². The lowest BCUT2D eigenvalue weighted by atomic mass is 10.2. The van der Waals surface area contributed by atoms with E-state index in [9.17, 15) is 9.18 Å². The Morgan fingerprint density at radius 2 is 2.17 bits per heavy atom. The lowest BCUT2D eigenvalue weighted by molar-refractivity contribution is -0.104. The normalized spacial score (nSPS) is 10.5. The number of carbonyl (C=O) groups is 1. The number of benzene rings is 1.